The lowest BCUT2D eigenvalue weighted by molar-refractivity contribution is -0.276. The molecule has 0 atom stereocenters. The predicted octanol–water partition coefficient (Wildman–Crippen LogP) is 0.602. The highest BCUT2D eigenvalue weighted by Gasteiger charge is 2.31. The summed E-state index contributed by atoms with van der Waals surface area (Å²) in [5, 5.41) is 0. The third-order valence-electron chi connectivity index (χ3n) is 0.797. The van der Waals surface area contributed by atoms with Gasteiger partial charge in [0.25, 0.3) is 0 Å². The van der Waals surface area contributed by atoms with Crippen LogP contribution in [-0.2, 0) is 0 Å². The molecule has 1 aromatic rings. The molecule has 62 valence electrons. The van der Waals surface area contributed by atoms with Crippen LogP contribution in [-0.4, -0.2) is 16.3 Å². The van der Waals surface area contributed by atoms with Crippen molar-refractivity contribution in [2.24, 2.45) is 0 Å². The minimum atomic E-state index is -4.77. The monoisotopic (exact) mass is 168 g/mol. The van der Waals surface area contributed by atoms with E-state index in [1.165, 1.54) is 0 Å². The van der Waals surface area contributed by atoms with Crippen LogP contribution < -0.4 is 10.4 Å². The summed E-state index contributed by atoms with van der Waals surface area (Å²) in [6.07, 6.45) is -3.99. The number of H-pyrrole nitrogens is 2. The molecule has 0 unspecified atom stereocenters. The molecule has 0 fully saturated rings. The third-order valence-corrected chi connectivity index (χ3v) is 0.797. The smallest absolute Gasteiger partial charge is 0.388 e. The van der Waals surface area contributed by atoms with Crippen LogP contribution in [0.5, 0.6) is 5.88 Å². The fourth-order valence-corrected chi connectivity index (χ4v) is 0.495. The number of aromatic nitrogens is 2. The van der Waals surface area contributed by atoms with Crippen molar-refractivity contribution in [3.8, 4) is 5.88 Å². The number of alkyl halides is 3. The summed E-state index contributed by atoms with van der Waals surface area (Å²) < 4.78 is 37.5. The van der Waals surface area contributed by atoms with Gasteiger partial charge in [-0.2, -0.15) is 0 Å². The van der Waals surface area contributed by atoms with Crippen LogP contribution in [0.15, 0.2) is 11.0 Å². The van der Waals surface area contributed by atoms with Crippen LogP contribution in [0.4, 0.5) is 13.2 Å². The second-order valence-corrected chi connectivity index (χ2v) is 1.65. The molecule has 0 aliphatic rings. The molecule has 0 aromatic carbocycles. The van der Waals surface area contributed by atoms with E-state index in [4.69, 9.17) is 0 Å². The highest BCUT2D eigenvalue weighted by atomic mass is 19.4. The Morgan fingerprint density at radius 1 is 1.45 bits per heavy atom. The Labute approximate surface area is 58.0 Å². The van der Waals surface area contributed by atoms with Crippen molar-refractivity contribution in [1.29, 1.82) is 0 Å². The molecule has 0 bridgehead atoms. The molecule has 0 aliphatic carbocycles. The molecule has 0 saturated carbocycles. The molecular weight excluding hydrogens is 165 g/mol. The first kappa shape index (κ1) is 7.70. The van der Waals surface area contributed by atoms with E-state index in [2.05, 4.69) is 4.74 Å². The second kappa shape index (κ2) is 2.33. The molecule has 7 heteroatoms. The minimum absolute atomic E-state index is 0.650. The van der Waals surface area contributed by atoms with Gasteiger partial charge in [-0.25, -0.2) is 4.79 Å². The lowest BCUT2D eigenvalue weighted by Gasteiger charge is -2.04. The Morgan fingerprint density at radius 2 is 2.09 bits per heavy atom. The highest BCUT2D eigenvalue weighted by molar-refractivity contribution is 5.01. The van der Waals surface area contributed by atoms with E-state index in [-0.39, 0.29) is 0 Å². The van der Waals surface area contributed by atoms with E-state index < -0.39 is 17.9 Å². The normalized spacial score (nSPS) is 11.5. The largest absolute Gasteiger partial charge is 0.574 e. The molecule has 1 heterocycles. The topological polar surface area (TPSA) is 57.9 Å². The van der Waals surface area contributed by atoms with E-state index in [1.54, 1.807) is 4.98 Å². The van der Waals surface area contributed by atoms with Crippen molar-refractivity contribution in [1.82, 2.24) is 9.97 Å². The molecule has 0 radical (unpaired) electrons. The van der Waals surface area contributed by atoms with Crippen LogP contribution >= 0.6 is 0 Å². The Bertz CT molecular complexity index is 286. The Morgan fingerprint density at radius 3 is 2.45 bits per heavy atom. The third kappa shape index (κ3) is 2.36. The number of hydrogen-bond donors (Lipinski definition) is 2. The van der Waals surface area contributed by atoms with Gasteiger partial charge in [-0.1, -0.05) is 0 Å². The fourth-order valence-electron chi connectivity index (χ4n) is 0.495. The lowest BCUT2D eigenvalue weighted by Crippen LogP contribution is -2.17. The van der Waals surface area contributed by atoms with Gasteiger partial charge in [0.05, 0.1) is 6.20 Å². The standard InChI is InChI=1S/C4H3F3N2O2/c5-4(6,7)11-2-1-8-3(10)9-2/h1H,(H2,8,9,10). The quantitative estimate of drug-likeness (QED) is 0.645. The molecule has 0 aliphatic heterocycles. The molecule has 0 saturated heterocycles. The fraction of sp³-hybridized carbons (Fsp3) is 0.250. The van der Waals surface area contributed by atoms with E-state index in [1.807, 2.05) is 4.98 Å². The maximum absolute atomic E-state index is 11.4. The first-order valence-corrected chi connectivity index (χ1v) is 2.51. The number of rotatable bonds is 1. The van der Waals surface area contributed by atoms with Crippen molar-refractivity contribution in [2.45, 2.75) is 6.36 Å². The van der Waals surface area contributed by atoms with Crippen molar-refractivity contribution in [3.05, 3.63) is 16.7 Å². The molecule has 1 aromatic heterocycles. The average molecular weight is 168 g/mol. The van der Waals surface area contributed by atoms with Gasteiger partial charge in [0.2, 0.25) is 5.88 Å². The van der Waals surface area contributed by atoms with Crippen molar-refractivity contribution in [2.75, 3.05) is 0 Å². The summed E-state index contributed by atoms with van der Waals surface area (Å²) in [5.41, 5.74) is -0.746. The van der Waals surface area contributed by atoms with Crippen molar-refractivity contribution in [3.63, 3.8) is 0 Å². The molecule has 2 N–H and O–H groups in total. The van der Waals surface area contributed by atoms with Gasteiger partial charge in [0.1, 0.15) is 0 Å². The zero-order valence-electron chi connectivity index (χ0n) is 5.03. The van der Waals surface area contributed by atoms with Gasteiger partial charge >= 0.3 is 12.1 Å². The van der Waals surface area contributed by atoms with E-state index >= 15 is 0 Å². The average Bonchev–Trinajstić information content (AvgIpc) is 2.10. The Hall–Kier alpha value is -1.40. The maximum Gasteiger partial charge on any atom is 0.574 e. The van der Waals surface area contributed by atoms with Crippen molar-refractivity contribution >= 4 is 0 Å². The second-order valence-electron chi connectivity index (χ2n) is 1.65. The summed E-state index contributed by atoms with van der Waals surface area (Å²) in [6, 6.07) is 0. The zero-order chi connectivity index (χ0) is 8.48. The van der Waals surface area contributed by atoms with Crippen LogP contribution in [0.2, 0.25) is 0 Å². The molecule has 11 heavy (non-hydrogen) atoms. The number of nitrogens with one attached hydrogen (secondary N) is 2. The predicted molar refractivity (Wildman–Crippen MR) is 28.1 cm³/mol. The SMILES string of the molecule is O=c1[nH]cc(OC(F)(F)F)[nH]1. The number of aromatic amines is 2. The summed E-state index contributed by atoms with van der Waals surface area (Å²) in [6.45, 7) is 0. The summed E-state index contributed by atoms with van der Waals surface area (Å²) in [7, 11) is 0. The van der Waals surface area contributed by atoms with Gasteiger partial charge < -0.3 is 9.72 Å². The Kier molecular flexibility index (Phi) is 1.63. The number of halogens is 3. The molecule has 0 amide bonds. The van der Waals surface area contributed by atoms with Crippen LogP contribution in [0.1, 0.15) is 0 Å². The number of ether oxygens (including phenoxy) is 1. The minimum Gasteiger partial charge on any atom is -0.388 e. The highest BCUT2D eigenvalue weighted by Crippen LogP contribution is 2.18. The van der Waals surface area contributed by atoms with Crippen LogP contribution in [0.3, 0.4) is 0 Å². The number of hydrogen-bond acceptors (Lipinski definition) is 2. The van der Waals surface area contributed by atoms with Gasteiger partial charge in [-0.15, -0.1) is 13.2 Å². The van der Waals surface area contributed by atoms with Crippen LogP contribution in [0.25, 0.3) is 0 Å². The Balaban J connectivity index is 2.73. The molecule has 1 rings (SSSR count). The van der Waals surface area contributed by atoms with Crippen molar-refractivity contribution < 1.29 is 17.9 Å². The summed E-state index contributed by atoms with van der Waals surface area (Å²) in [4.78, 5) is 14.0. The maximum atomic E-state index is 11.4. The van der Waals surface area contributed by atoms with Gasteiger partial charge in [0.15, 0.2) is 0 Å². The lowest BCUT2D eigenvalue weighted by atomic mass is 10.8. The van der Waals surface area contributed by atoms with Gasteiger partial charge in [-0.05, 0) is 0 Å². The first-order chi connectivity index (χ1) is 4.97. The summed E-state index contributed by atoms with van der Waals surface area (Å²) >= 11 is 0. The molecular formula is C4H3F3N2O2. The molecule has 0 spiro atoms. The molecule has 4 nitrogen and oxygen atoms in total. The summed E-state index contributed by atoms with van der Waals surface area (Å²) in [5.74, 6) is -0.650. The van der Waals surface area contributed by atoms with Gasteiger partial charge in [-0.3, -0.25) is 4.98 Å². The van der Waals surface area contributed by atoms with Gasteiger partial charge in [0, 0.05) is 0 Å². The zero-order valence-corrected chi connectivity index (χ0v) is 5.03. The first-order valence-electron chi connectivity index (χ1n) is 2.51. The number of imidazole rings is 1. The van der Waals surface area contributed by atoms with Crippen LogP contribution in [0, 0.1) is 0 Å². The van der Waals surface area contributed by atoms with E-state index in [9.17, 15) is 18.0 Å². The van der Waals surface area contributed by atoms with E-state index in [0.717, 1.165) is 6.20 Å². The van der Waals surface area contributed by atoms with E-state index in [0.29, 0.717) is 0 Å².